The van der Waals surface area contributed by atoms with Gasteiger partial charge in [-0.3, -0.25) is 4.79 Å². The van der Waals surface area contributed by atoms with Gasteiger partial charge in [-0.15, -0.1) is 12.4 Å². The topological polar surface area (TPSA) is 86.5 Å². The zero-order chi connectivity index (χ0) is 20.1. The molecule has 0 aliphatic carbocycles. The van der Waals surface area contributed by atoms with Gasteiger partial charge in [-0.05, 0) is 30.2 Å². The number of esters is 1. The Kier molecular flexibility index (Phi) is 7.43. The van der Waals surface area contributed by atoms with Crippen molar-refractivity contribution in [3.05, 3.63) is 66.1 Å². The predicted octanol–water partition coefficient (Wildman–Crippen LogP) is 3.60. The number of hydrogen-bond donors (Lipinski definition) is 1. The number of aromatic nitrogens is 2. The van der Waals surface area contributed by atoms with E-state index in [9.17, 15) is 4.79 Å². The molecule has 30 heavy (non-hydrogen) atoms. The second-order valence-corrected chi connectivity index (χ2v) is 7.04. The molecule has 0 amide bonds. The van der Waals surface area contributed by atoms with Crippen molar-refractivity contribution in [3.8, 4) is 17.1 Å². The predicted molar refractivity (Wildman–Crippen MR) is 113 cm³/mol. The zero-order valence-corrected chi connectivity index (χ0v) is 17.4. The van der Waals surface area contributed by atoms with Crippen LogP contribution in [0.5, 0.6) is 5.75 Å². The van der Waals surface area contributed by atoms with E-state index >= 15 is 0 Å². The van der Waals surface area contributed by atoms with Crippen molar-refractivity contribution in [3.63, 3.8) is 0 Å². The number of nitrogens with zero attached hydrogens (tertiary/aromatic N) is 2. The van der Waals surface area contributed by atoms with Crippen molar-refractivity contribution >= 4 is 18.4 Å². The summed E-state index contributed by atoms with van der Waals surface area (Å²) in [5.41, 5.74) is 2.03. The third-order valence-electron chi connectivity index (χ3n) is 5.14. The maximum absolute atomic E-state index is 11.7. The molecule has 1 aromatic heterocycles. The van der Waals surface area contributed by atoms with Crippen molar-refractivity contribution in [2.75, 3.05) is 20.2 Å². The van der Waals surface area contributed by atoms with Gasteiger partial charge in [0.2, 0.25) is 5.82 Å². The third-order valence-corrected chi connectivity index (χ3v) is 5.14. The van der Waals surface area contributed by atoms with Crippen LogP contribution in [0.15, 0.2) is 59.1 Å². The number of halogens is 1. The van der Waals surface area contributed by atoms with Gasteiger partial charge in [0.15, 0.2) is 6.61 Å². The summed E-state index contributed by atoms with van der Waals surface area (Å²) in [6.07, 6.45) is 0.406. The summed E-state index contributed by atoms with van der Waals surface area (Å²) in [6.45, 7) is 1.82. The first-order chi connectivity index (χ1) is 14.2. The quantitative estimate of drug-likeness (QED) is 0.574. The Balaban J connectivity index is 0.00000256. The van der Waals surface area contributed by atoms with Crippen LogP contribution in [0.2, 0.25) is 0 Å². The van der Waals surface area contributed by atoms with Crippen LogP contribution in [0.3, 0.4) is 0 Å². The summed E-state index contributed by atoms with van der Waals surface area (Å²) >= 11 is 0. The average Bonchev–Trinajstić information content (AvgIpc) is 3.43. The van der Waals surface area contributed by atoms with E-state index in [0.29, 0.717) is 18.1 Å². The van der Waals surface area contributed by atoms with Gasteiger partial charge in [0.05, 0.1) is 13.5 Å². The van der Waals surface area contributed by atoms with Crippen molar-refractivity contribution in [1.82, 2.24) is 15.5 Å². The molecule has 158 valence electrons. The van der Waals surface area contributed by atoms with Crippen LogP contribution in [-0.2, 0) is 16.1 Å². The minimum Gasteiger partial charge on any atom is -0.484 e. The average molecular weight is 430 g/mol. The molecule has 1 fully saturated rings. The minimum absolute atomic E-state index is 0. The Morgan fingerprint density at radius 1 is 1.17 bits per heavy atom. The molecule has 0 spiro atoms. The number of nitrogens with one attached hydrogen (secondary N) is 1. The molecule has 4 rings (SSSR count). The summed E-state index contributed by atoms with van der Waals surface area (Å²) in [5.74, 6) is 1.96. The summed E-state index contributed by atoms with van der Waals surface area (Å²) in [4.78, 5) is 16.1. The molecule has 1 aliphatic rings. The number of carbonyl (C=O) groups is 1. The molecule has 2 aromatic carbocycles. The number of benzene rings is 2. The van der Waals surface area contributed by atoms with Crippen molar-refractivity contribution in [2.24, 2.45) is 5.92 Å². The van der Waals surface area contributed by atoms with Gasteiger partial charge in [-0.2, -0.15) is 4.98 Å². The molecule has 0 saturated carbocycles. The molecule has 3 aromatic rings. The largest absolute Gasteiger partial charge is 0.484 e. The lowest BCUT2D eigenvalue weighted by Crippen LogP contribution is -2.16. The molecular weight excluding hydrogens is 406 g/mol. The summed E-state index contributed by atoms with van der Waals surface area (Å²) in [5, 5.41) is 7.37. The molecule has 0 radical (unpaired) electrons. The number of carbonyl (C=O) groups excluding carboxylic acids is 1. The monoisotopic (exact) mass is 429 g/mol. The van der Waals surface area contributed by atoms with Crippen LogP contribution < -0.4 is 10.1 Å². The lowest BCUT2D eigenvalue weighted by Gasteiger charge is -2.18. The van der Waals surface area contributed by atoms with Gasteiger partial charge in [-0.1, -0.05) is 47.6 Å². The van der Waals surface area contributed by atoms with E-state index in [1.54, 1.807) is 0 Å². The molecule has 2 atom stereocenters. The molecule has 0 unspecified atom stereocenters. The molecule has 0 bridgehead atoms. The second-order valence-electron chi connectivity index (χ2n) is 7.04. The smallest absolute Gasteiger partial charge is 0.305 e. The van der Waals surface area contributed by atoms with E-state index in [4.69, 9.17) is 14.0 Å². The maximum Gasteiger partial charge on any atom is 0.305 e. The van der Waals surface area contributed by atoms with E-state index in [1.165, 1.54) is 7.11 Å². The highest BCUT2D eigenvalue weighted by Gasteiger charge is 2.30. The first-order valence-corrected chi connectivity index (χ1v) is 9.61. The summed E-state index contributed by atoms with van der Waals surface area (Å²) < 4.78 is 16.0. The lowest BCUT2D eigenvalue weighted by molar-refractivity contribution is -0.141. The van der Waals surface area contributed by atoms with Crippen LogP contribution in [0.1, 0.15) is 23.8 Å². The van der Waals surface area contributed by atoms with Crippen molar-refractivity contribution < 1.29 is 18.8 Å². The van der Waals surface area contributed by atoms with Crippen molar-refractivity contribution in [1.29, 1.82) is 0 Å². The number of rotatable bonds is 7. The van der Waals surface area contributed by atoms with E-state index in [1.807, 2.05) is 48.5 Å². The molecular formula is C22H24ClN3O4. The Labute approximate surface area is 181 Å². The van der Waals surface area contributed by atoms with Gasteiger partial charge in [0, 0.05) is 18.0 Å². The highest BCUT2D eigenvalue weighted by Crippen LogP contribution is 2.32. The second kappa shape index (κ2) is 10.2. The van der Waals surface area contributed by atoms with Crippen molar-refractivity contribution in [2.45, 2.75) is 18.9 Å². The van der Waals surface area contributed by atoms with Gasteiger partial charge < -0.3 is 19.3 Å². The highest BCUT2D eigenvalue weighted by atomic mass is 35.5. The molecule has 7 nitrogen and oxygen atoms in total. The summed E-state index contributed by atoms with van der Waals surface area (Å²) in [7, 11) is 1.43. The van der Waals surface area contributed by atoms with Crippen LogP contribution in [0.25, 0.3) is 11.4 Å². The SMILES string of the molecule is COC(=O)C[C@H]1CNC[C@H]1c1cccc(OCc2nc(-c3ccccc3)no2)c1.Cl. The minimum atomic E-state index is -0.179. The van der Waals surface area contributed by atoms with Gasteiger partial charge >= 0.3 is 5.97 Å². The molecule has 1 aliphatic heterocycles. The van der Waals surface area contributed by atoms with E-state index < -0.39 is 0 Å². The van der Waals surface area contributed by atoms with E-state index in [2.05, 4.69) is 21.5 Å². The maximum atomic E-state index is 11.7. The van der Waals surface area contributed by atoms with E-state index in [0.717, 1.165) is 30.0 Å². The zero-order valence-electron chi connectivity index (χ0n) is 16.6. The highest BCUT2D eigenvalue weighted by molar-refractivity contribution is 5.85. The fourth-order valence-corrected chi connectivity index (χ4v) is 3.63. The number of hydrogen-bond acceptors (Lipinski definition) is 7. The van der Waals surface area contributed by atoms with Crippen LogP contribution in [-0.4, -0.2) is 36.3 Å². The van der Waals surface area contributed by atoms with Crippen LogP contribution in [0.4, 0.5) is 0 Å². The summed E-state index contributed by atoms with van der Waals surface area (Å²) in [6, 6.07) is 17.6. The Hall–Kier alpha value is -2.90. The van der Waals surface area contributed by atoms with Gasteiger partial charge in [0.1, 0.15) is 5.75 Å². The fraction of sp³-hybridized carbons (Fsp3) is 0.318. The molecule has 1 N–H and O–H groups in total. The van der Waals surface area contributed by atoms with E-state index in [-0.39, 0.29) is 36.8 Å². The number of ether oxygens (including phenoxy) is 2. The number of methoxy groups -OCH3 is 1. The normalized spacial score (nSPS) is 17.9. The first-order valence-electron chi connectivity index (χ1n) is 9.61. The standard InChI is InChI=1S/C22H23N3O4.ClH/c1-27-21(26)11-17-12-23-13-19(17)16-8-5-9-18(10-16)28-14-20-24-22(25-29-20)15-6-3-2-4-7-15;/h2-10,17,19,23H,11-14H2,1H3;1H/t17-,19-;/m0./s1. The Morgan fingerprint density at radius 3 is 2.80 bits per heavy atom. The van der Waals surface area contributed by atoms with Crippen LogP contribution in [0, 0.1) is 5.92 Å². The molecule has 1 saturated heterocycles. The van der Waals surface area contributed by atoms with Crippen LogP contribution >= 0.6 is 12.4 Å². The first kappa shape index (κ1) is 21.8. The molecule has 2 heterocycles. The molecule has 8 heteroatoms. The lowest BCUT2D eigenvalue weighted by atomic mass is 9.87. The Morgan fingerprint density at radius 2 is 2.00 bits per heavy atom. The fourth-order valence-electron chi connectivity index (χ4n) is 3.63. The van der Waals surface area contributed by atoms with Gasteiger partial charge in [0.25, 0.3) is 5.89 Å². The Bertz CT molecular complexity index is 964. The van der Waals surface area contributed by atoms with Gasteiger partial charge in [-0.25, -0.2) is 0 Å². The third kappa shape index (κ3) is 5.17.